The van der Waals surface area contributed by atoms with Crippen molar-refractivity contribution in [2.24, 2.45) is 10.7 Å². The molecule has 0 amide bonds. The van der Waals surface area contributed by atoms with Crippen LogP contribution in [0.25, 0.3) is 11.3 Å². The van der Waals surface area contributed by atoms with Crippen LogP contribution in [0.4, 0.5) is 0 Å². The van der Waals surface area contributed by atoms with E-state index >= 15 is 0 Å². The molecule has 5 rings (SSSR count). The van der Waals surface area contributed by atoms with Gasteiger partial charge in [-0.25, -0.2) is 4.98 Å². The summed E-state index contributed by atoms with van der Waals surface area (Å²) in [4.78, 5) is 9.52. The first-order valence-corrected chi connectivity index (χ1v) is 10.9. The van der Waals surface area contributed by atoms with Gasteiger partial charge in [-0.3, -0.25) is 4.99 Å². The number of imidazole rings is 1. The summed E-state index contributed by atoms with van der Waals surface area (Å²) >= 11 is 0. The summed E-state index contributed by atoms with van der Waals surface area (Å²) in [6.07, 6.45) is 4.27. The summed E-state index contributed by atoms with van der Waals surface area (Å²) in [5.41, 5.74) is 9.95. The van der Waals surface area contributed by atoms with Crippen molar-refractivity contribution in [3.05, 3.63) is 77.2 Å². The first-order chi connectivity index (χ1) is 14.6. The standard InChI is InChI=1S/C25H28N4O/c1-2-25(30,19-9-4-3-5-10-19)20-13-11-17(12-14-20)21-22-23(26)27-15-16-29(22)24(28-21)18-7-6-8-18/h3-5,9-14,18,30H,2,6-8,15-16H2,1H3,(H2,26,27). The maximum atomic E-state index is 11.4. The molecule has 5 nitrogen and oxygen atoms in total. The molecule has 3 aromatic rings. The lowest BCUT2D eigenvalue weighted by Gasteiger charge is -2.28. The number of rotatable bonds is 5. The van der Waals surface area contributed by atoms with Crippen molar-refractivity contribution in [1.29, 1.82) is 0 Å². The number of nitrogens with zero attached hydrogens (tertiary/aromatic N) is 3. The van der Waals surface area contributed by atoms with Crippen LogP contribution in [0.15, 0.2) is 59.6 Å². The Morgan fingerprint density at radius 2 is 1.77 bits per heavy atom. The van der Waals surface area contributed by atoms with Crippen LogP contribution in [0.5, 0.6) is 0 Å². The molecular formula is C25H28N4O. The van der Waals surface area contributed by atoms with Crippen LogP contribution in [0.2, 0.25) is 0 Å². The Kier molecular flexibility index (Phi) is 4.70. The van der Waals surface area contributed by atoms with Gasteiger partial charge < -0.3 is 15.4 Å². The van der Waals surface area contributed by atoms with Crippen molar-refractivity contribution < 1.29 is 5.11 Å². The Bertz CT molecular complexity index is 1080. The van der Waals surface area contributed by atoms with E-state index < -0.39 is 5.60 Å². The fourth-order valence-electron chi connectivity index (χ4n) is 4.67. The second kappa shape index (κ2) is 7.40. The molecule has 1 fully saturated rings. The first-order valence-electron chi connectivity index (χ1n) is 10.9. The molecule has 1 aromatic heterocycles. The molecule has 1 aliphatic carbocycles. The molecule has 2 aliphatic rings. The highest BCUT2D eigenvalue weighted by atomic mass is 16.3. The van der Waals surface area contributed by atoms with Gasteiger partial charge in [-0.1, -0.05) is 67.9 Å². The minimum atomic E-state index is -1.01. The maximum Gasteiger partial charge on any atom is 0.145 e. The van der Waals surface area contributed by atoms with Crippen molar-refractivity contribution in [1.82, 2.24) is 9.55 Å². The van der Waals surface area contributed by atoms with E-state index in [9.17, 15) is 5.11 Å². The van der Waals surface area contributed by atoms with Crippen molar-refractivity contribution in [3.63, 3.8) is 0 Å². The molecule has 0 saturated heterocycles. The summed E-state index contributed by atoms with van der Waals surface area (Å²) in [6.45, 7) is 3.57. The molecule has 5 heteroatoms. The zero-order valence-corrected chi connectivity index (χ0v) is 17.4. The lowest BCUT2D eigenvalue weighted by Crippen LogP contribution is -2.27. The lowest BCUT2D eigenvalue weighted by molar-refractivity contribution is 0.0765. The normalized spacial score (nSPS) is 18.3. The highest BCUT2D eigenvalue weighted by molar-refractivity contribution is 6.02. The zero-order chi connectivity index (χ0) is 20.7. The van der Waals surface area contributed by atoms with Gasteiger partial charge in [0.2, 0.25) is 0 Å². The van der Waals surface area contributed by atoms with Crippen LogP contribution in [-0.4, -0.2) is 27.0 Å². The summed E-state index contributed by atoms with van der Waals surface area (Å²) < 4.78 is 2.28. The lowest BCUT2D eigenvalue weighted by atomic mass is 9.84. The van der Waals surface area contributed by atoms with Gasteiger partial charge in [0.15, 0.2) is 0 Å². The predicted molar refractivity (Wildman–Crippen MR) is 120 cm³/mol. The highest BCUT2D eigenvalue weighted by Gasteiger charge is 2.32. The second-order valence-corrected chi connectivity index (χ2v) is 8.37. The monoisotopic (exact) mass is 400 g/mol. The molecule has 0 spiro atoms. The maximum absolute atomic E-state index is 11.4. The van der Waals surface area contributed by atoms with Crippen LogP contribution in [0.3, 0.4) is 0 Å². The number of fused-ring (bicyclic) bond motifs is 1. The van der Waals surface area contributed by atoms with Crippen LogP contribution in [-0.2, 0) is 12.1 Å². The van der Waals surface area contributed by atoms with E-state index in [-0.39, 0.29) is 0 Å². The number of aromatic nitrogens is 2. The summed E-state index contributed by atoms with van der Waals surface area (Å²) in [5.74, 6) is 2.27. The SMILES string of the molecule is CCC(O)(c1ccccc1)c1ccc(-c2nc(C3CCC3)n3c2C(N)=NCC3)cc1. The molecule has 154 valence electrons. The van der Waals surface area contributed by atoms with Gasteiger partial charge >= 0.3 is 0 Å². The molecule has 2 aromatic carbocycles. The average molecular weight is 401 g/mol. The van der Waals surface area contributed by atoms with Gasteiger partial charge in [0.1, 0.15) is 23.0 Å². The number of aliphatic imine (C=N–C) groups is 1. The molecule has 1 saturated carbocycles. The van der Waals surface area contributed by atoms with E-state index in [2.05, 4.69) is 21.7 Å². The Morgan fingerprint density at radius 1 is 1.07 bits per heavy atom. The predicted octanol–water partition coefficient (Wildman–Crippen LogP) is 4.18. The third-order valence-corrected chi connectivity index (χ3v) is 6.71. The minimum Gasteiger partial charge on any atom is -0.382 e. The molecule has 1 atom stereocenters. The van der Waals surface area contributed by atoms with Crippen molar-refractivity contribution in [2.75, 3.05) is 6.54 Å². The van der Waals surface area contributed by atoms with E-state index in [0.29, 0.717) is 24.7 Å². The Labute approximate surface area is 177 Å². The number of benzene rings is 2. The molecule has 2 heterocycles. The largest absolute Gasteiger partial charge is 0.382 e. The molecule has 1 aliphatic heterocycles. The fourth-order valence-corrected chi connectivity index (χ4v) is 4.67. The summed E-state index contributed by atoms with van der Waals surface area (Å²) in [5, 5.41) is 11.4. The van der Waals surface area contributed by atoms with Gasteiger partial charge in [0, 0.05) is 18.0 Å². The topological polar surface area (TPSA) is 76.4 Å². The number of nitrogens with two attached hydrogens (primary N) is 1. The van der Waals surface area contributed by atoms with Crippen LogP contribution < -0.4 is 5.73 Å². The third-order valence-electron chi connectivity index (χ3n) is 6.71. The number of aliphatic hydroxyl groups is 1. The average Bonchev–Trinajstić information content (AvgIpc) is 3.13. The van der Waals surface area contributed by atoms with Crippen LogP contribution in [0.1, 0.15) is 61.2 Å². The van der Waals surface area contributed by atoms with Gasteiger partial charge in [-0.15, -0.1) is 0 Å². The van der Waals surface area contributed by atoms with Gasteiger partial charge in [-0.05, 0) is 30.4 Å². The molecule has 0 radical (unpaired) electrons. The first kappa shape index (κ1) is 19.1. The Morgan fingerprint density at radius 3 is 2.40 bits per heavy atom. The molecule has 1 unspecified atom stereocenters. The Balaban J connectivity index is 1.55. The zero-order valence-electron chi connectivity index (χ0n) is 17.4. The fraction of sp³-hybridized carbons (Fsp3) is 0.360. The van der Waals surface area contributed by atoms with Gasteiger partial charge in [-0.2, -0.15) is 0 Å². The van der Waals surface area contributed by atoms with E-state index in [1.807, 2.05) is 49.4 Å². The number of hydrogen-bond acceptors (Lipinski definition) is 4. The van der Waals surface area contributed by atoms with Crippen molar-refractivity contribution in [2.45, 2.75) is 50.7 Å². The summed E-state index contributed by atoms with van der Waals surface area (Å²) in [7, 11) is 0. The van der Waals surface area contributed by atoms with Crippen LogP contribution in [0, 0.1) is 0 Å². The van der Waals surface area contributed by atoms with E-state index in [1.165, 1.54) is 19.3 Å². The molecule has 3 N–H and O–H groups in total. The number of amidine groups is 1. The quantitative estimate of drug-likeness (QED) is 0.674. The van der Waals surface area contributed by atoms with Crippen LogP contribution >= 0.6 is 0 Å². The molecule has 0 bridgehead atoms. The molecule has 30 heavy (non-hydrogen) atoms. The second-order valence-electron chi connectivity index (χ2n) is 8.37. The minimum absolute atomic E-state index is 0.533. The third kappa shape index (κ3) is 2.96. The van der Waals surface area contributed by atoms with Crippen molar-refractivity contribution in [3.8, 4) is 11.3 Å². The van der Waals surface area contributed by atoms with E-state index in [0.717, 1.165) is 40.4 Å². The Hall–Kier alpha value is -2.92. The smallest absolute Gasteiger partial charge is 0.145 e. The highest BCUT2D eigenvalue weighted by Crippen LogP contribution is 2.39. The van der Waals surface area contributed by atoms with Gasteiger partial charge in [0.25, 0.3) is 0 Å². The van der Waals surface area contributed by atoms with Crippen molar-refractivity contribution >= 4 is 5.84 Å². The number of hydrogen-bond donors (Lipinski definition) is 2. The van der Waals surface area contributed by atoms with E-state index in [1.54, 1.807) is 0 Å². The molecular weight excluding hydrogens is 372 g/mol. The summed E-state index contributed by atoms with van der Waals surface area (Å²) in [6, 6.07) is 18.0. The van der Waals surface area contributed by atoms with Gasteiger partial charge in [0.05, 0.1) is 12.2 Å². The van der Waals surface area contributed by atoms with E-state index in [4.69, 9.17) is 10.7 Å².